The van der Waals surface area contributed by atoms with E-state index in [4.69, 9.17) is 9.47 Å². The molecule has 1 aliphatic heterocycles. The summed E-state index contributed by atoms with van der Waals surface area (Å²) in [6.07, 6.45) is 13.6. The Labute approximate surface area is 175 Å². The van der Waals surface area contributed by atoms with Gasteiger partial charge in [-0.2, -0.15) is 0 Å². The first-order valence-corrected chi connectivity index (χ1v) is 11.0. The average molecular weight is 401 g/mol. The van der Waals surface area contributed by atoms with Crippen molar-refractivity contribution in [3.05, 3.63) is 36.7 Å². The molecule has 0 N–H and O–H groups in total. The standard InChI is InChI=1S/C24H36N2O3/c1-5-18-8-10-19(11-9-18)13-20-14-22(16-25-15-20)28-17-21-7-6-12-26(21)23(27)29-24(2,3)4/h5,14-16,18-19,21H,1,6-13,17H2,2-4H3/t18?,19?,21-/m0/s1. The van der Waals surface area contributed by atoms with E-state index in [0.717, 1.165) is 37.5 Å². The van der Waals surface area contributed by atoms with Gasteiger partial charge in [-0.3, -0.25) is 4.98 Å². The fourth-order valence-electron chi connectivity index (χ4n) is 4.38. The van der Waals surface area contributed by atoms with E-state index >= 15 is 0 Å². The van der Waals surface area contributed by atoms with Crippen molar-refractivity contribution in [2.45, 2.75) is 77.4 Å². The summed E-state index contributed by atoms with van der Waals surface area (Å²) in [7, 11) is 0. The van der Waals surface area contributed by atoms with Crippen LogP contribution in [0.25, 0.3) is 0 Å². The molecule has 0 aromatic carbocycles. The minimum atomic E-state index is -0.478. The third-order valence-corrected chi connectivity index (χ3v) is 5.97. The zero-order chi connectivity index (χ0) is 20.9. The second-order valence-electron chi connectivity index (χ2n) is 9.53. The molecule has 1 aliphatic carbocycles. The molecule has 1 saturated heterocycles. The lowest BCUT2D eigenvalue weighted by Gasteiger charge is -2.28. The van der Waals surface area contributed by atoms with Crippen LogP contribution < -0.4 is 4.74 Å². The summed E-state index contributed by atoms with van der Waals surface area (Å²) in [5.74, 6) is 2.21. The second-order valence-corrected chi connectivity index (χ2v) is 9.53. The first-order valence-electron chi connectivity index (χ1n) is 11.0. The summed E-state index contributed by atoms with van der Waals surface area (Å²) >= 11 is 0. The SMILES string of the molecule is C=CC1CCC(Cc2cncc(OC[C@@H]3CCCN3C(=O)OC(C)(C)C)c2)CC1. The lowest BCUT2D eigenvalue weighted by atomic mass is 9.79. The van der Waals surface area contributed by atoms with Crippen LogP contribution in [-0.2, 0) is 11.2 Å². The largest absolute Gasteiger partial charge is 0.490 e. The first kappa shape index (κ1) is 21.7. The molecular weight excluding hydrogens is 364 g/mol. The number of hydrogen-bond donors (Lipinski definition) is 0. The lowest BCUT2D eigenvalue weighted by molar-refractivity contribution is 0.0187. The number of pyridine rings is 1. The van der Waals surface area contributed by atoms with Gasteiger partial charge in [-0.1, -0.05) is 6.08 Å². The Morgan fingerprint density at radius 1 is 1.24 bits per heavy atom. The van der Waals surface area contributed by atoms with Crippen LogP contribution in [-0.4, -0.2) is 40.8 Å². The van der Waals surface area contributed by atoms with Crippen molar-refractivity contribution in [3.8, 4) is 5.75 Å². The normalized spacial score (nSPS) is 24.9. The maximum atomic E-state index is 12.4. The highest BCUT2D eigenvalue weighted by Gasteiger charge is 2.32. The van der Waals surface area contributed by atoms with Crippen molar-refractivity contribution in [1.82, 2.24) is 9.88 Å². The molecule has 1 saturated carbocycles. The maximum absolute atomic E-state index is 12.4. The number of allylic oxidation sites excluding steroid dienone is 1. The molecule has 5 nitrogen and oxygen atoms in total. The van der Waals surface area contributed by atoms with Crippen LogP contribution >= 0.6 is 0 Å². The number of rotatable bonds is 6. The Bertz CT molecular complexity index is 690. The molecule has 5 heteroatoms. The van der Waals surface area contributed by atoms with Gasteiger partial charge in [-0.15, -0.1) is 6.58 Å². The van der Waals surface area contributed by atoms with Crippen molar-refractivity contribution in [2.24, 2.45) is 11.8 Å². The number of amides is 1. The minimum absolute atomic E-state index is 0.0580. The third-order valence-electron chi connectivity index (χ3n) is 5.97. The van der Waals surface area contributed by atoms with Crippen LogP contribution in [0.4, 0.5) is 4.79 Å². The number of ether oxygens (including phenoxy) is 2. The second kappa shape index (κ2) is 9.64. The number of aromatic nitrogens is 1. The van der Waals surface area contributed by atoms with Gasteiger partial charge in [-0.05, 0) is 89.2 Å². The van der Waals surface area contributed by atoms with E-state index in [0.29, 0.717) is 12.5 Å². The zero-order valence-electron chi connectivity index (χ0n) is 18.2. The molecule has 160 valence electrons. The van der Waals surface area contributed by atoms with E-state index in [1.165, 1.54) is 31.2 Å². The molecular formula is C24H36N2O3. The number of carbonyl (C=O) groups excluding carboxylic acids is 1. The van der Waals surface area contributed by atoms with Gasteiger partial charge in [-0.25, -0.2) is 4.79 Å². The van der Waals surface area contributed by atoms with E-state index in [1.54, 1.807) is 11.1 Å². The van der Waals surface area contributed by atoms with Crippen LogP contribution in [0.15, 0.2) is 31.1 Å². The topological polar surface area (TPSA) is 51.7 Å². The van der Waals surface area contributed by atoms with Crippen molar-refractivity contribution < 1.29 is 14.3 Å². The number of likely N-dealkylation sites (tertiary alicyclic amines) is 1. The molecule has 0 radical (unpaired) electrons. The van der Waals surface area contributed by atoms with Gasteiger partial charge >= 0.3 is 6.09 Å². The molecule has 1 aromatic rings. The Kier molecular flexibility index (Phi) is 7.20. The molecule has 2 heterocycles. The molecule has 0 bridgehead atoms. The van der Waals surface area contributed by atoms with Gasteiger partial charge in [0.05, 0.1) is 12.2 Å². The van der Waals surface area contributed by atoms with Gasteiger partial charge in [0.1, 0.15) is 18.0 Å². The summed E-state index contributed by atoms with van der Waals surface area (Å²) in [4.78, 5) is 18.6. The monoisotopic (exact) mass is 400 g/mol. The quantitative estimate of drug-likeness (QED) is 0.600. The highest BCUT2D eigenvalue weighted by atomic mass is 16.6. The first-order chi connectivity index (χ1) is 13.8. The third kappa shape index (κ3) is 6.48. The summed E-state index contributed by atoms with van der Waals surface area (Å²) in [5, 5.41) is 0. The molecule has 0 unspecified atom stereocenters. The minimum Gasteiger partial charge on any atom is -0.490 e. The van der Waals surface area contributed by atoms with Crippen LogP contribution in [0.2, 0.25) is 0 Å². The summed E-state index contributed by atoms with van der Waals surface area (Å²) < 4.78 is 11.6. The Morgan fingerprint density at radius 3 is 2.69 bits per heavy atom. The Morgan fingerprint density at radius 2 is 2.00 bits per heavy atom. The fourth-order valence-corrected chi connectivity index (χ4v) is 4.38. The number of carbonyl (C=O) groups is 1. The molecule has 1 aromatic heterocycles. The van der Waals surface area contributed by atoms with Gasteiger partial charge in [0.25, 0.3) is 0 Å². The van der Waals surface area contributed by atoms with Crippen molar-refractivity contribution in [1.29, 1.82) is 0 Å². The predicted octanol–water partition coefficient (Wildman–Crippen LogP) is 5.39. The Balaban J connectivity index is 1.51. The highest BCUT2D eigenvalue weighted by Crippen LogP contribution is 2.32. The van der Waals surface area contributed by atoms with Crippen LogP contribution in [0.1, 0.15) is 64.9 Å². The molecule has 0 spiro atoms. The molecule has 3 rings (SSSR count). The smallest absolute Gasteiger partial charge is 0.410 e. The van der Waals surface area contributed by atoms with Gasteiger partial charge in [0, 0.05) is 12.7 Å². The van der Waals surface area contributed by atoms with Crippen molar-refractivity contribution in [3.63, 3.8) is 0 Å². The average Bonchev–Trinajstić information content (AvgIpc) is 3.15. The number of hydrogen-bond acceptors (Lipinski definition) is 4. The Hall–Kier alpha value is -2.04. The van der Waals surface area contributed by atoms with E-state index in [9.17, 15) is 4.79 Å². The molecule has 29 heavy (non-hydrogen) atoms. The van der Waals surface area contributed by atoms with E-state index < -0.39 is 5.60 Å². The molecule has 2 fully saturated rings. The maximum Gasteiger partial charge on any atom is 0.410 e. The highest BCUT2D eigenvalue weighted by molar-refractivity contribution is 5.69. The van der Waals surface area contributed by atoms with Gasteiger partial charge in [0.15, 0.2) is 0 Å². The van der Waals surface area contributed by atoms with Gasteiger partial charge < -0.3 is 14.4 Å². The molecule has 1 atom stereocenters. The van der Waals surface area contributed by atoms with Crippen molar-refractivity contribution in [2.75, 3.05) is 13.2 Å². The summed E-state index contributed by atoms with van der Waals surface area (Å²) in [5.41, 5.74) is 0.758. The van der Waals surface area contributed by atoms with E-state index in [2.05, 4.69) is 23.7 Å². The fraction of sp³-hybridized carbons (Fsp3) is 0.667. The van der Waals surface area contributed by atoms with Gasteiger partial charge in [0.2, 0.25) is 0 Å². The van der Waals surface area contributed by atoms with E-state index in [-0.39, 0.29) is 12.1 Å². The zero-order valence-corrected chi connectivity index (χ0v) is 18.2. The lowest BCUT2D eigenvalue weighted by Crippen LogP contribution is -2.42. The van der Waals surface area contributed by atoms with Crippen LogP contribution in [0, 0.1) is 11.8 Å². The van der Waals surface area contributed by atoms with Crippen molar-refractivity contribution >= 4 is 6.09 Å². The predicted molar refractivity (Wildman–Crippen MR) is 115 cm³/mol. The number of nitrogens with zero attached hydrogens (tertiary/aromatic N) is 2. The van der Waals surface area contributed by atoms with Crippen LogP contribution in [0.3, 0.4) is 0 Å². The molecule has 2 aliphatic rings. The molecule has 1 amide bonds. The summed E-state index contributed by atoms with van der Waals surface area (Å²) in [6.45, 7) is 10.8. The van der Waals surface area contributed by atoms with E-state index in [1.807, 2.05) is 27.0 Å². The van der Waals surface area contributed by atoms with Crippen LogP contribution in [0.5, 0.6) is 5.75 Å². The summed E-state index contributed by atoms with van der Waals surface area (Å²) in [6, 6.07) is 2.17.